The van der Waals surface area contributed by atoms with Crippen LogP contribution in [0.3, 0.4) is 0 Å². The molecule has 1 saturated heterocycles. The Morgan fingerprint density at radius 2 is 1.70 bits per heavy atom. The van der Waals surface area contributed by atoms with E-state index in [-0.39, 0.29) is 6.03 Å². The van der Waals surface area contributed by atoms with Gasteiger partial charge in [-0.15, -0.1) is 0 Å². The van der Waals surface area contributed by atoms with E-state index in [0.29, 0.717) is 31.0 Å². The van der Waals surface area contributed by atoms with Crippen LogP contribution in [0.2, 0.25) is 0 Å². The van der Waals surface area contributed by atoms with E-state index in [1.807, 2.05) is 18.7 Å². The lowest BCUT2D eigenvalue weighted by Crippen LogP contribution is -2.49. The van der Waals surface area contributed by atoms with Crippen LogP contribution < -0.4 is 10.2 Å². The summed E-state index contributed by atoms with van der Waals surface area (Å²) in [6.45, 7) is 5.78. The number of aryl methyl sites for hydroxylation is 2. The first-order valence-corrected chi connectivity index (χ1v) is 10.8. The molecule has 3 amide bonds. The van der Waals surface area contributed by atoms with Crippen LogP contribution in [0.4, 0.5) is 25.0 Å². The molecule has 4 rings (SSSR count). The third-order valence-corrected chi connectivity index (χ3v) is 5.78. The molecule has 0 aliphatic carbocycles. The summed E-state index contributed by atoms with van der Waals surface area (Å²) >= 11 is 0. The topological polar surface area (TPSA) is 52.6 Å². The van der Waals surface area contributed by atoms with Gasteiger partial charge >= 0.3 is 6.03 Å². The van der Waals surface area contributed by atoms with Crippen LogP contribution in [0, 0.1) is 25.5 Å². The van der Waals surface area contributed by atoms with Crippen LogP contribution in [0.5, 0.6) is 0 Å². The van der Waals surface area contributed by atoms with Gasteiger partial charge in [0.25, 0.3) is 5.91 Å². The second kappa shape index (κ2) is 9.40. The summed E-state index contributed by atoms with van der Waals surface area (Å²) in [6.07, 6.45) is 0.799. The number of hydrogen-bond acceptors (Lipinski definition) is 2. The molecule has 0 unspecified atom stereocenters. The van der Waals surface area contributed by atoms with Crippen molar-refractivity contribution in [3.8, 4) is 0 Å². The number of nitrogens with one attached hydrogen (secondary N) is 1. The van der Waals surface area contributed by atoms with E-state index in [9.17, 15) is 18.4 Å². The van der Waals surface area contributed by atoms with Gasteiger partial charge in [-0.1, -0.05) is 35.9 Å². The van der Waals surface area contributed by atoms with Gasteiger partial charge < -0.3 is 10.2 Å². The van der Waals surface area contributed by atoms with Gasteiger partial charge in [-0.3, -0.25) is 9.69 Å². The smallest absolute Gasteiger partial charge is 0.322 e. The summed E-state index contributed by atoms with van der Waals surface area (Å²) in [5.74, 6) is -2.75. The molecule has 170 valence electrons. The highest BCUT2D eigenvalue weighted by atomic mass is 19.1. The molecule has 1 N–H and O–H groups in total. The summed E-state index contributed by atoms with van der Waals surface area (Å²) in [4.78, 5) is 29.2. The molecule has 7 heteroatoms. The van der Waals surface area contributed by atoms with Gasteiger partial charge in [-0.05, 0) is 61.7 Å². The largest absolute Gasteiger partial charge is 0.324 e. The number of rotatable bonds is 5. The van der Waals surface area contributed by atoms with Crippen molar-refractivity contribution in [3.63, 3.8) is 0 Å². The lowest BCUT2D eigenvalue weighted by Gasteiger charge is -2.36. The molecule has 0 atom stereocenters. The standard InChI is InChI=1S/C26H25F2N3O2/c1-17-10-11-18(2)19(14-17)16-30-12-5-13-31(26(30)33)21-7-3-6-20(15-21)29-25(32)24-22(27)8-4-9-23(24)28/h3-4,6-11,14-15H,5,12-13,16H2,1-2H3,(H,29,32). The molecule has 5 nitrogen and oxygen atoms in total. The number of urea groups is 1. The monoisotopic (exact) mass is 449 g/mol. The molecule has 0 saturated carbocycles. The number of benzene rings is 3. The van der Waals surface area contributed by atoms with Crippen molar-refractivity contribution in [2.75, 3.05) is 23.3 Å². The second-order valence-corrected chi connectivity index (χ2v) is 8.24. The number of hydrogen-bond donors (Lipinski definition) is 1. The Kier molecular flexibility index (Phi) is 6.40. The normalized spacial score (nSPS) is 13.9. The Balaban J connectivity index is 1.52. The first-order valence-electron chi connectivity index (χ1n) is 10.8. The van der Waals surface area contributed by atoms with Gasteiger partial charge in [0.1, 0.15) is 17.2 Å². The number of amides is 3. The summed E-state index contributed by atoms with van der Waals surface area (Å²) < 4.78 is 27.9. The number of anilines is 2. The number of carbonyl (C=O) groups excluding carboxylic acids is 2. The molecule has 3 aromatic carbocycles. The van der Waals surface area contributed by atoms with E-state index < -0.39 is 23.1 Å². The van der Waals surface area contributed by atoms with E-state index in [1.54, 1.807) is 29.2 Å². The number of nitrogens with zero attached hydrogens (tertiary/aromatic N) is 2. The van der Waals surface area contributed by atoms with Gasteiger partial charge in [0, 0.05) is 31.0 Å². The highest BCUT2D eigenvalue weighted by Gasteiger charge is 2.27. The average molecular weight is 450 g/mol. The Morgan fingerprint density at radius 3 is 2.45 bits per heavy atom. The predicted molar refractivity (Wildman–Crippen MR) is 124 cm³/mol. The van der Waals surface area contributed by atoms with Crippen molar-refractivity contribution in [2.45, 2.75) is 26.8 Å². The molecule has 1 aliphatic heterocycles. The van der Waals surface area contributed by atoms with E-state index in [1.165, 1.54) is 6.07 Å². The van der Waals surface area contributed by atoms with Gasteiger partial charge in [0.15, 0.2) is 0 Å². The maximum atomic E-state index is 13.9. The van der Waals surface area contributed by atoms with Crippen LogP contribution in [-0.4, -0.2) is 29.9 Å². The van der Waals surface area contributed by atoms with Crippen molar-refractivity contribution in [1.82, 2.24) is 4.90 Å². The molecular formula is C26H25F2N3O2. The average Bonchev–Trinajstić information content (AvgIpc) is 2.78. The van der Waals surface area contributed by atoms with Crippen molar-refractivity contribution >= 4 is 23.3 Å². The highest BCUT2D eigenvalue weighted by molar-refractivity contribution is 6.05. The number of halogens is 2. The van der Waals surface area contributed by atoms with Crippen molar-refractivity contribution in [1.29, 1.82) is 0 Å². The third-order valence-electron chi connectivity index (χ3n) is 5.78. The zero-order chi connectivity index (χ0) is 23.5. The Hall–Kier alpha value is -3.74. The molecular weight excluding hydrogens is 424 g/mol. The second-order valence-electron chi connectivity index (χ2n) is 8.24. The molecule has 0 aromatic heterocycles. The van der Waals surface area contributed by atoms with Crippen LogP contribution >= 0.6 is 0 Å². The first kappa shape index (κ1) is 22.5. The summed E-state index contributed by atoms with van der Waals surface area (Å²) in [7, 11) is 0. The molecule has 0 bridgehead atoms. The van der Waals surface area contributed by atoms with Crippen molar-refractivity contribution in [2.24, 2.45) is 0 Å². The Morgan fingerprint density at radius 1 is 0.970 bits per heavy atom. The minimum atomic E-state index is -0.933. The molecule has 0 spiro atoms. The fraction of sp³-hybridized carbons (Fsp3) is 0.231. The zero-order valence-corrected chi connectivity index (χ0v) is 18.6. The molecule has 33 heavy (non-hydrogen) atoms. The lowest BCUT2D eigenvalue weighted by atomic mass is 10.0. The minimum Gasteiger partial charge on any atom is -0.322 e. The molecule has 1 aliphatic rings. The van der Waals surface area contributed by atoms with E-state index in [0.717, 1.165) is 35.2 Å². The maximum absolute atomic E-state index is 13.9. The molecule has 3 aromatic rings. The zero-order valence-electron chi connectivity index (χ0n) is 18.6. The predicted octanol–water partition coefficient (Wildman–Crippen LogP) is 5.67. The Labute approximate surface area is 191 Å². The fourth-order valence-electron chi connectivity index (χ4n) is 4.00. The lowest BCUT2D eigenvalue weighted by molar-refractivity contribution is 0.101. The molecule has 1 fully saturated rings. The van der Waals surface area contributed by atoms with Crippen LogP contribution in [0.15, 0.2) is 60.7 Å². The van der Waals surface area contributed by atoms with Crippen molar-refractivity contribution in [3.05, 3.63) is 94.6 Å². The SMILES string of the molecule is Cc1ccc(C)c(CN2CCCN(c3cccc(NC(=O)c4c(F)cccc4F)c3)C2=O)c1. The van der Waals surface area contributed by atoms with Crippen LogP contribution in [-0.2, 0) is 6.54 Å². The van der Waals surface area contributed by atoms with Gasteiger partial charge in [-0.2, -0.15) is 0 Å². The van der Waals surface area contributed by atoms with E-state index in [4.69, 9.17) is 0 Å². The first-order chi connectivity index (χ1) is 15.8. The Bertz CT molecular complexity index is 1190. The molecule has 1 heterocycles. The highest BCUT2D eigenvalue weighted by Crippen LogP contribution is 2.26. The molecule has 0 radical (unpaired) electrons. The van der Waals surface area contributed by atoms with E-state index >= 15 is 0 Å². The van der Waals surface area contributed by atoms with Crippen LogP contribution in [0.25, 0.3) is 0 Å². The number of carbonyl (C=O) groups is 2. The minimum absolute atomic E-state index is 0.120. The third kappa shape index (κ3) is 4.87. The van der Waals surface area contributed by atoms with Gasteiger partial charge in [0.2, 0.25) is 0 Å². The fourth-order valence-corrected chi connectivity index (χ4v) is 4.00. The summed E-state index contributed by atoms with van der Waals surface area (Å²) in [6, 6.07) is 16.1. The summed E-state index contributed by atoms with van der Waals surface area (Å²) in [5, 5.41) is 2.53. The quantitative estimate of drug-likeness (QED) is 0.546. The van der Waals surface area contributed by atoms with Crippen LogP contribution in [0.1, 0.15) is 33.5 Å². The maximum Gasteiger partial charge on any atom is 0.324 e. The van der Waals surface area contributed by atoms with Gasteiger partial charge in [0.05, 0.1) is 0 Å². The van der Waals surface area contributed by atoms with Crippen molar-refractivity contribution < 1.29 is 18.4 Å². The van der Waals surface area contributed by atoms with Gasteiger partial charge in [-0.25, -0.2) is 13.6 Å². The van der Waals surface area contributed by atoms with E-state index in [2.05, 4.69) is 23.5 Å². The summed E-state index contributed by atoms with van der Waals surface area (Å²) in [5.41, 5.74) is 3.70.